The van der Waals surface area contributed by atoms with Gasteiger partial charge in [0.2, 0.25) is 0 Å². The van der Waals surface area contributed by atoms with E-state index in [9.17, 15) is 4.39 Å². The van der Waals surface area contributed by atoms with Gasteiger partial charge < -0.3 is 5.32 Å². The molecule has 0 saturated heterocycles. The molecule has 2 aromatic rings. The predicted molar refractivity (Wildman–Crippen MR) is 89.3 cm³/mol. The van der Waals surface area contributed by atoms with Crippen LogP contribution in [0.25, 0.3) is 0 Å². The van der Waals surface area contributed by atoms with Crippen molar-refractivity contribution in [2.45, 2.75) is 13.0 Å². The molecule has 0 aliphatic rings. The summed E-state index contributed by atoms with van der Waals surface area (Å²) < 4.78 is 16.7. The average molecular weight is 467 g/mol. The number of pyridine rings is 1. The standard InChI is InChI=1S/C14H12Br3FN2/c1-2-19-13(10-5-8(15)3-4-12(10)18)14-11(17)6-9(16)7-20-14/h3-7,13,19H,2H2,1H3. The highest BCUT2D eigenvalue weighted by molar-refractivity contribution is 9.11. The molecular weight excluding hydrogens is 455 g/mol. The number of aromatic nitrogens is 1. The first-order valence-corrected chi connectivity index (χ1v) is 8.40. The van der Waals surface area contributed by atoms with E-state index in [2.05, 4.69) is 58.1 Å². The van der Waals surface area contributed by atoms with Crippen molar-refractivity contribution in [1.82, 2.24) is 10.3 Å². The highest BCUT2D eigenvalue weighted by Gasteiger charge is 2.21. The Kier molecular flexibility index (Phi) is 5.72. The maximum atomic E-state index is 14.1. The molecule has 0 spiro atoms. The monoisotopic (exact) mass is 464 g/mol. The summed E-state index contributed by atoms with van der Waals surface area (Å²) in [6, 6.07) is 6.52. The van der Waals surface area contributed by atoms with E-state index >= 15 is 0 Å². The molecule has 0 aliphatic heterocycles. The van der Waals surface area contributed by atoms with Gasteiger partial charge in [0.05, 0.1) is 11.7 Å². The lowest BCUT2D eigenvalue weighted by molar-refractivity contribution is 0.550. The van der Waals surface area contributed by atoms with Crippen LogP contribution >= 0.6 is 47.8 Å². The molecule has 1 atom stereocenters. The van der Waals surface area contributed by atoms with E-state index in [4.69, 9.17) is 0 Å². The molecule has 2 nitrogen and oxygen atoms in total. The van der Waals surface area contributed by atoms with Crippen LogP contribution in [0.2, 0.25) is 0 Å². The summed E-state index contributed by atoms with van der Waals surface area (Å²) in [4.78, 5) is 4.41. The number of halogens is 4. The van der Waals surface area contributed by atoms with E-state index in [0.29, 0.717) is 12.1 Å². The first-order chi connectivity index (χ1) is 9.52. The molecule has 0 saturated carbocycles. The first kappa shape index (κ1) is 16.1. The SMILES string of the molecule is CCNC(c1cc(Br)ccc1F)c1ncc(Br)cc1Br. The molecule has 2 rings (SSSR count). The van der Waals surface area contributed by atoms with Crippen LogP contribution in [-0.4, -0.2) is 11.5 Å². The Morgan fingerprint density at radius 1 is 1.20 bits per heavy atom. The van der Waals surface area contributed by atoms with Crippen LogP contribution in [0.3, 0.4) is 0 Å². The summed E-state index contributed by atoms with van der Waals surface area (Å²) in [7, 11) is 0. The fraction of sp³-hybridized carbons (Fsp3) is 0.214. The van der Waals surface area contributed by atoms with Gasteiger partial charge in [-0.2, -0.15) is 0 Å². The minimum Gasteiger partial charge on any atom is -0.305 e. The molecule has 20 heavy (non-hydrogen) atoms. The largest absolute Gasteiger partial charge is 0.305 e. The smallest absolute Gasteiger partial charge is 0.128 e. The summed E-state index contributed by atoms with van der Waals surface area (Å²) in [6.07, 6.45) is 1.71. The van der Waals surface area contributed by atoms with Crippen molar-refractivity contribution in [2.75, 3.05) is 6.54 Å². The summed E-state index contributed by atoms with van der Waals surface area (Å²) in [5, 5.41) is 3.27. The number of nitrogens with one attached hydrogen (secondary N) is 1. The molecule has 0 bridgehead atoms. The maximum Gasteiger partial charge on any atom is 0.128 e. The predicted octanol–water partition coefficient (Wildman–Crippen LogP) is 5.21. The topological polar surface area (TPSA) is 24.9 Å². The van der Waals surface area contributed by atoms with Gasteiger partial charge in [-0.05, 0) is 62.7 Å². The van der Waals surface area contributed by atoms with Crippen molar-refractivity contribution < 1.29 is 4.39 Å². The molecule has 0 radical (unpaired) electrons. The Balaban J connectivity index is 2.53. The van der Waals surface area contributed by atoms with Crippen molar-refractivity contribution in [1.29, 1.82) is 0 Å². The molecule has 1 aromatic heterocycles. The van der Waals surface area contributed by atoms with E-state index in [1.54, 1.807) is 18.3 Å². The third-order valence-electron chi connectivity index (χ3n) is 2.79. The van der Waals surface area contributed by atoms with E-state index in [0.717, 1.165) is 19.1 Å². The van der Waals surface area contributed by atoms with Crippen molar-refractivity contribution in [2.24, 2.45) is 0 Å². The van der Waals surface area contributed by atoms with Crippen LogP contribution in [-0.2, 0) is 0 Å². The second kappa shape index (κ2) is 7.11. The van der Waals surface area contributed by atoms with Gasteiger partial charge in [-0.25, -0.2) is 4.39 Å². The third-order valence-corrected chi connectivity index (χ3v) is 4.35. The zero-order valence-corrected chi connectivity index (χ0v) is 15.4. The number of rotatable bonds is 4. The molecule has 6 heteroatoms. The minimum absolute atomic E-state index is 0.254. The summed E-state index contributed by atoms with van der Waals surface area (Å²) in [6.45, 7) is 2.69. The van der Waals surface area contributed by atoms with Gasteiger partial charge in [-0.1, -0.05) is 22.9 Å². The Labute approximate surface area is 142 Å². The Bertz CT molecular complexity index is 619. The molecule has 0 amide bonds. The van der Waals surface area contributed by atoms with Crippen LogP contribution in [0.15, 0.2) is 43.9 Å². The van der Waals surface area contributed by atoms with Crippen LogP contribution in [0.4, 0.5) is 4.39 Å². The van der Waals surface area contributed by atoms with Crippen molar-refractivity contribution in [3.63, 3.8) is 0 Å². The Morgan fingerprint density at radius 2 is 1.95 bits per heavy atom. The second-order valence-corrected chi connectivity index (χ2v) is 6.86. The van der Waals surface area contributed by atoms with Gasteiger partial charge in [-0.3, -0.25) is 4.98 Å². The average Bonchev–Trinajstić information content (AvgIpc) is 2.40. The van der Waals surface area contributed by atoms with Crippen molar-refractivity contribution in [3.05, 3.63) is 61.0 Å². The summed E-state index contributed by atoms with van der Waals surface area (Å²) in [5.74, 6) is -0.254. The fourth-order valence-electron chi connectivity index (χ4n) is 1.93. The highest BCUT2D eigenvalue weighted by atomic mass is 79.9. The van der Waals surface area contributed by atoms with Gasteiger partial charge in [0.1, 0.15) is 5.82 Å². The molecule has 1 unspecified atom stereocenters. The quantitative estimate of drug-likeness (QED) is 0.669. The van der Waals surface area contributed by atoms with E-state index in [1.165, 1.54) is 6.07 Å². The van der Waals surface area contributed by atoms with Crippen LogP contribution in [0.1, 0.15) is 24.2 Å². The maximum absolute atomic E-state index is 14.1. The molecule has 0 fully saturated rings. The zero-order valence-electron chi connectivity index (χ0n) is 10.6. The molecular formula is C14H12Br3FN2. The summed E-state index contributed by atoms with van der Waals surface area (Å²) in [5.41, 5.74) is 1.32. The third kappa shape index (κ3) is 3.67. The fourth-order valence-corrected chi connectivity index (χ4v) is 3.53. The van der Waals surface area contributed by atoms with E-state index in [1.807, 2.05) is 13.0 Å². The number of hydrogen-bond acceptors (Lipinski definition) is 2. The Hall–Kier alpha value is -0.300. The van der Waals surface area contributed by atoms with Gasteiger partial charge >= 0.3 is 0 Å². The van der Waals surface area contributed by atoms with E-state index in [-0.39, 0.29) is 11.9 Å². The Morgan fingerprint density at radius 3 is 2.60 bits per heavy atom. The van der Waals surface area contributed by atoms with Crippen molar-refractivity contribution in [3.8, 4) is 0 Å². The first-order valence-electron chi connectivity index (χ1n) is 6.02. The number of benzene rings is 1. The molecule has 1 N–H and O–H groups in total. The van der Waals surface area contributed by atoms with Gasteiger partial charge in [0.15, 0.2) is 0 Å². The second-order valence-electron chi connectivity index (χ2n) is 4.18. The van der Waals surface area contributed by atoms with Crippen LogP contribution in [0, 0.1) is 5.82 Å². The summed E-state index contributed by atoms with van der Waals surface area (Å²) >= 11 is 10.2. The zero-order chi connectivity index (χ0) is 14.7. The molecule has 1 aromatic carbocycles. The van der Waals surface area contributed by atoms with Crippen molar-refractivity contribution >= 4 is 47.8 Å². The molecule has 106 valence electrons. The lowest BCUT2D eigenvalue weighted by Crippen LogP contribution is -2.24. The lowest BCUT2D eigenvalue weighted by atomic mass is 10.0. The number of hydrogen-bond donors (Lipinski definition) is 1. The minimum atomic E-state index is -0.306. The van der Waals surface area contributed by atoms with Crippen LogP contribution < -0.4 is 5.32 Å². The molecule has 1 heterocycles. The highest BCUT2D eigenvalue weighted by Crippen LogP contribution is 2.31. The number of nitrogens with zero attached hydrogens (tertiary/aromatic N) is 1. The van der Waals surface area contributed by atoms with Gasteiger partial charge in [0, 0.05) is 25.2 Å². The lowest BCUT2D eigenvalue weighted by Gasteiger charge is -2.20. The van der Waals surface area contributed by atoms with E-state index < -0.39 is 0 Å². The van der Waals surface area contributed by atoms with Crippen LogP contribution in [0.5, 0.6) is 0 Å². The van der Waals surface area contributed by atoms with Gasteiger partial charge in [0.25, 0.3) is 0 Å². The normalized spacial score (nSPS) is 12.4. The van der Waals surface area contributed by atoms with Gasteiger partial charge in [-0.15, -0.1) is 0 Å². The molecule has 0 aliphatic carbocycles.